The molecule has 0 fully saturated rings. The van der Waals surface area contributed by atoms with Gasteiger partial charge in [0, 0.05) is 5.70 Å². The van der Waals surface area contributed by atoms with Crippen LogP contribution in [0.3, 0.4) is 0 Å². The molecule has 0 radical (unpaired) electrons. The second-order valence-corrected chi connectivity index (χ2v) is 5.37. The van der Waals surface area contributed by atoms with E-state index in [1.807, 2.05) is 0 Å². The third-order valence-corrected chi connectivity index (χ3v) is 3.73. The van der Waals surface area contributed by atoms with Crippen molar-refractivity contribution in [2.24, 2.45) is 0 Å². The summed E-state index contributed by atoms with van der Waals surface area (Å²) in [6.07, 6.45) is 4.51. The Morgan fingerprint density at radius 1 is 1.48 bits per heavy atom. The lowest BCUT2D eigenvalue weighted by atomic mass is 10.0. The maximum atomic E-state index is 12.6. The quantitative estimate of drug-likeness (QED) is 0.645. The van der Waals surface area contributed by atoms with Gasteiger partial charge in [0.15, 0.2) is 0 Å². The Labute approximate surface area is 133 Å². The predicted molar refractivity (Wildman–Crippen MR) is 81.5 cm³/mol. The molecule has 2 aromatic heterocycles. The number of nitrogens with one attached hydrogen (secondary N) is 1. The van der Waals surface area contributed by atoms with Crippen molar-refractivity contribution in [1.82, 2.24) is 20.2 Å². The van der Waals surface area contributed by atoms with E-state index in [4.69, 9.17) is 9.15 Å². The van der Waals surface area contributed by atoms with Crippen molar-refractivity contribution in [1.29, 1.82) is 0 Å². The molecule has 0 amide bonds. The molecule has 2 aromatic rings. The maximum absolute atomic E-state index is 12.6. The van der Waals surface area contributed by atoms with Crippen molar-refractivity contribution >= 4 is 11.9 Å². The van der Waals surface area contributed by atoms with Gasteiger partial charge in [0.25, 0.3) is 0 Å². The number of unbranched alkanes of at least 4 members (excludes halogenated alkanes) is 2. The average Bonchev–Trinajstić information content (AvgIpc) is 3.21. The van der Waals surface area contributed by atoms with Crippen LogP contribution in [0.15, 0.2) is 34.1 Å². The van der Waals surface area contributed by atoms with Crippen molar-refractivity contribution in [2.75, 3.05) is 11.9 Å². The number of allylic oxidation sites excluding steroid dienone is 1. The Morgan fingerprint density at radius 3 is 3.09 bits per heavy atom. The standard InChI is InChI=1S/C15H19N5O3/c1-3-4-5-8-23-14(21)12-10(2)16-15-17-18-19-20(15)13(12)11-7-6-9-22-11/h6-7,9,13H,3-5,8H2,1-2H3,(H,16,17,19). The summed E-state index contributed by atoms with van der Waals surface area (Å²) in [5, 5.41) is 14.6. The number of tetrazole rings is 1. The summed E-state index contributed by atoms with van der Waals surface area (Å²) >= 11 is 0. The van der Waals surface area contributed by atoms with Gasteiger partial charge in [-0.2, -0.15) is 4.68 Å². The molecule has 8 heteroatoms. The molecule has 1 N–H and O–H groups in total. The first-order chi connectivity index (χ1) is 11.2. The zero-order valence-corrected chi connectivity index (χ0v) is 13.2. The molecule has 0 saturated carbocycles. The molecule has 23 heavy (non-hydrogen) atoms. The number of carbonyl (C=O) groups excluding carboxylic acids is 1. The Balaban J connectivity index is 1.88. The number of fused-ring (bicyclic) bond motifs is 1. The minimum atomic E-state index is -0.532. The lowest BCUT2D eigenvalue weighted by Gasteiger charge is -2.25. The Bertz CT molecular complexity index is 705. The maximum Gasteiger partial charge on any atom is 0.338 e. The van der Waals surface area contributed by atoms with Gasteiger partial charge in [-0.25, -0.2) is 4.79 Å². The van der Waals surface area contributed by atoms with Crippen LogP contribution in [-0.4, -0.2) is 32.8 Å². The summed E-state index contributed by atoms with van der Waals surface area (Å²) < 4.78 is 12.4. The van der Waals surface area contributed by atoms with Crippen molar-refractivity contribution in [3.05, 3.63) is 35.4 Å². The van der Waals surface area contributed by atoms with Crippen molar-refractivity contribution in [2.45, 2.75) is 39.2 Å². The molecule has 0 aromatic carbocycles. The van der Waals surface area contributed by atoms with Crippen LogP contribution in [0.4, 0.5) is 5.95 Å². The average molecular weight is 317 g/mol. The summed E-state index contributed by atoms with van der Waals surface area (Å²) in [5.41, 5.74) is 1.12. The summed E-state index contributed by atoms with van der Waals surface area (Å²) in [7, 11) is 0. The molecule has 8 nitrogen and oxygen atoms in total. The largest absolute Gasteiger partial charge is 0.467 e. The number of furan rings is 1. The van der Waals surface area contributed by atoms with E-state index in [0.717, 1.165) is 19.3 Å². The van der Waals surface area contributed by atoms with Crippen molar-refractivity contribution < 1.29 is 13.9 Å². The van der Waals surface area contributed by atoms with E-state index in [1.54, 1.807) is 25.3 Å². The smallest absolute Gasteiger partial charge is 0.338 e. The summed E-state index contributed by atoms with van der Waals surface area (Å²) in [6, 6.07) is 3.02. The summed E-state index contributed by atoms with van der Waals surface area (Å²) in [5.74, 6) is 0.667. The lowest BCUT2D eigenvalue weighted by molar-refractivity contribution is -0.139. The van der Waals surface area contributed by atoms with Crippen LogP contribution < -0.4 is 5.32 Å². The Morgan fingerprint density at radius 2 is 2.35 bits per heavy atom. The van der Waals surface area contributed by atoms with E-state index in [9.17, 15) is 4.79 Å². The fraction of sp³-hybridized carbons (Fsp3) is 0.467. The van der Waals surface area contributed by atoms with Crippen molar-refractivity contribution in [3.8, 4) is 0 Å². The predicted octanol–water partition coefficient (Wildman–Crippen LogP) is 2.29. The molecular formula is C15H19N5O3. The zero-order chi connectivity index (χ0) is 16.2. The van der Waals surface area contributed by atoms with Crippen molar-refractivity contribution in [3.63, 3.8) is 0 Å². The molecule has 3 heterocycles. The molecule has 0 spiro atoms. The highest BCUT2D eigenvalue weighted by atomic mass is 16.5. The second kappa shape index (κ2) is 6.64. The van der Waals surface area contributed by atoms with Crippen LogP contribution in [0.1, 0.15) is 44.9 Å². The highest BCUT2D eigenvalue weighted by Crippen LogP contribution is 2.34. The second-order valence-electron chi connectivity index (χ2n) is 5.37. The molecule has 122 valence electrons. The summed E-state index contributed by atoms with van der Waals surface area (Å²) in [6.45, 7) is 4.30. The first-order valence-corrected chi connectivity index (χ1v) is 7.68. The highest BCUT2D eigenvalue weighted by Gasteiger charge is 2.36. The number of hydrogen-bond acceptors (Lipinski definition) is 7. The Hall–Kier alpha value is -2.64. The van der Waals surface area contributed by atoms with Gasteiger partial charge in [-0.3, -0.25) is 0 Å². The summed E-state index contributed by atoms with van der Waals surface area (Å²) in [4.78, 5) is 12.6. The van der Waals surface area contributed by atoms with Gasteiger partial charge in [0.2, 0.25) is 5.95 Å². The van der Waals surface area contributed by atoms with Gasteiger partial charge in [0.05, 0.1) is 18.4 Å². The number of hydrogen-bond donors (Lipinski definition) is 1. The number of esters is 1. The molecule has 0 bridgehead atoms. The van der Waals surface area contributed by atoms with Crippen LogP contribution in [0.25, 0.3) is 0 Å². The van der Waals surface area contributed by atoms with E-state index in [2.05, 4.69) is 27.8 Å². The molecule has 0 saturated heterocycles. The number of carbonyl (C=O) groups is 1. The first kappa shape index (κ1) is 15.3. The van der Waals surface area contributed by atoms with E-state index in [1.165, 1.54) is 4.68 Å². The van der Waals surface area contributed by atoms with Crippen LogP contribution in [0.5, 0.6) is 0 Å². The van der Waals surface area contributed by atoms with E-state index >= 15 is 0 Å². The normalized spacial score (nSPS) is 16.9. The van der Waals surface area contributed by atoms with Gasteiger partial charge in [-0.15, -0.1) is 0 Å². The molecule has 0 aliphatic carbocycles. The number of anilines is 1. The number of aromatic nitrogens is 4. The van der Waals surface area contributed by atoms with Gasteiger partial charge >= 0.3 is 5.97 Å². The van der Waals surface area contributed by atoms with Crippen LogP contribution in [0.2, 0.25) is 0 Å². The molecule has 1 aliphatic rings. The highest BCUT2D eigenvalue weighted by molar-refractivity contribution is 5.92. The van der Waals surface area contributed by atoms with E-state index < -0.39 is 6.04 Å². The fourth-order valence-electron chi connectivity index (χ4n) is 2.58. The molecule has 3 rings (SSSR count). The lowest BCUT2D eigenvalue weighted by Crippen LogP contribution is -2.29. The van der Waals surface area contributed by atoms with Crippen LogP contribution in [-0.2, 0) is 9.53 Å². The minimum absolute atomic E-state index is 0.381. The number of rotatable bonds is 6. The zero-order valence-electron chi connectivity index (χ0n) is 13.2. The van der Waals surface area contributed by atoms with Gasteiger partial charge < -0.3 is 14.5 Å². The van der Waals surface area contributed by atoms with Gasteiger partial charge in [-0.05, 0) is 35.9 Å². The van der Waals surface area contributed by atoms with E-state index in [0.29, 0.717) is 29.6 Å². The first-order valence-electron chi connectivity index (χ1n) is 7.68. The molecule has 1 aliphatic heterocycles. The molecule has 1 unspecified atom stereocenters. The van der Waals surface area contributed by atoms with Crippen LogP contribution in [0, 0.1) is 0 Å². The monoisotopic (exact) mass is 317 g/mol. The molecular weight excluding hydrogens is 298 g/mol. The third kappa shape index (κ3) is 2.96. The Kier molecular flexibility index (Phi) is 4.40. The SMILES string of the molecule is CCCCCOC(=O)C1=C(C)Nc2nnnn2C1c1ccco1. The van der Waals surface area contributed by atoms with Crippen LogP contribution >= 0.6 is 0 Å². The van der Waals surface area contributed by atoms with E-state index in [-0.39, 0.29) is 5.97 Å². The van der Waals surface area contributed by atoms with Gasteiger partial charge in [0.1, 0.15) is 11.8 Å². The third-order valence-electron chi connectivity index (χ3n) is 3.73. The number of nitrogens with zero attached hydrogens (tertiary/aromatic N) is 4. The van der Waals surface area contributed by atoms with Gasteiger partial charge in [-0.1, -0.05) is 24.9 Å². The topological polar surface area (TPSA) is 95.1 Å². The molecule has 1 atom stereocenters. The minimum Gasteiger partial charge on any atom is -0.467 e. The number of ether oxygens (including phenoxy) is 1. The fourth-order valence-corrected chi connectivity index (χ4v) is 2.58.